The minimum atomic E-state index is -0.511. The summed E-state index contributed by atoms with van der Waals surface area (Å²) >= 11 is 0. The first-order valence-corrected chi connectivity index (χ1v) is 8.58. The van der Waals surface area contributed by atoms with E-state index in [1.165, 1.54) is 18.9 Å². The molecule has 1 aliphatic heterocycles. The Labute approximate surface area is 140 Å². The molecule has 0 aliphatic carbocycles. The van der Waals surface area contributed by atoms with E-state index in [-0.39, 0.29) is 0 Å². The van der Waals surface area contributed by atoms with Gasteiger partial charge in [-0.2, -0.15) is 0 Å². The normalized spacial score (nSPS) is 18.8. The van der Waals surface area contributed by atoms with Crippen molar-refractivity contribution in [2.24, 2.45) is 5.92 Å². The van der Waals surface area contributed by atoms with Crippen molar-refractivity contribution in [3.8, 4) is 0 Å². The molecule has 0 radical (unpaired) electrons. The molecule has 5 nitrogen and oxygen atoms in total. The summed E-state index contributed by atoms with van der Waals surface area (Å²) in [5, 5.41) is 11.1. The van der Waals surface area contributed by atoms with E-state index < -0.39 is 11.6 Å². The Bertz CT molecular complexity index is 632. The molecule has 1 aromatic heterocycles. The van der Waals surface area contributed by atoms with Crippen molar-refractivity contribution in [2.45, 2.75) is 38.6 Å². The van der Waals surface area contributed by atoms with Crippen LogP contribution in [0.3, 0.4) is 0 Å². The van der Waals surface area contributed by atoms with Crippen LogP contribution in [0.4, 0.5) is 8.78 Å². The summed E-state index contributed by atoms with van der Waals surface area (Å²) in [6, 6.07) is 3.88. The fourth-order valence-corrected chi connectivity index (χ4v) is 3.41. The lowest BCUT2D eigenvalue weighted by Gasteiger charge is -2.32. The van der Waals surface area contributed by atoms with Crippen molar-refractivity contribution in [3.05, 3.63) is 41.7 Å². The molecule has 24 heavy (non-hydrogen) atoms. The fraction of sp³-hybridized carbons (Fsp3) is 0.588. The number of rotatable bonds is 7. The Morgan fingerprint density at radius 1 is 1.21 bits per heavy atom. The smallest absolute Gasteiger partial charge is 0.138 e. The highest BCUT2D eigenvalue weighted by molar-refractivity contribution is 5.18. The zero-order chi connectivity index (χ0) is 16.8. The van der Waals surface area contributed by atoms with Gasteiger partial charge in [0.2, 0.25) is 0 Å². The Morgan fingerprint density at radius 2 is 2.12 bits per heavy atom. The zero-order valence-electron chi connectivity index (χ0n) is 13.7. The number of aromatic nitrogens is 4. The number of aryl methyl sites for hydroxylation is 2. The van der Waals surface area contributed by atoms with Crippen molar-refractivity contribution >= 4 is 0 Å². The van der Waals surface area contributed by atoms with E-state index >= 15 is 0 Å². The fourth-order valence-electron chi connectivity index (χ4n) is 3.41. The van der Waals surface area contributed by atoms with E-state index in [4.69, 9.17) is 0 Å². The topological polar surface area (TPSA) is 46.8 Å². The molecule has 1 unspecified atom stereocenters. The van der Waals surface area contributed by atoms with Crippen molar-refractivity contribution in [3.63, 3.8) is 0 Å². The lowest BCUT2D eigenvalue weighted by Crippen LogP contribution is -2.36. The van der Waals surface area contributed by atoms with Gasteiger partial charge in [-0.05, 0) is 73.2 Å². The number of hydrogen-bond donors (Lipinski definition) is 0. The molecule has 1 aromatic carbocycles. The number of tetrazole rings is 1. The van der Waals surface area contributed by atoms with Gasteiger partial charge < -0.3 is 4.90 Å². The highest BCUT2D eigenvalue weighted by atomic mass is 19.1. The maximum Gasteiger partial charge on any atom is 0.138 e. The van der Waals surface area contributed by atoms with Crippen LogP contribution in [0.25, 0.3) is 0 Å². The highest BCUT2D eigenvalue weighted by Gasteiger charge is 2.20. The van der Waals surface area contributed by atoms with E-state index in [0.717, 1.165) is 45.1 Å². The molecule has 1 fully saturated rings. The van der Waals surface area contributed by atoms with Crippen molar-refractivity contribution in [2.75, 3.05) is 19.6 Å². The van der Waals surface area contributed by atoms with Crippen LogP contribution in [0.2, 0.25) is 0 Å². The quantitative estimate of drug-likeness (QED) is 0.780. The number of likely N-dealkylation sites (tertiary alicyclic amines) is 1. The predicted molar refractivity (Wildman–Crippen MR) is 86.3 cm³/mol. The van der Waals surface area contributed by atoms with Gasteiger partial charge >= 0.3 is 0 Å². The number of halogens is 2. The van der Waals surface area contributed by atoms with Crippen LogP contribution >= 0.6 is 0 Å². The van der Waals surface area contributed by atoms with Gasteiger partial charge in [-0.3, -0.25) is 0 Å². The second-order valence-corrected chi connectivity index (χ2v) is 6.51. The largest absolute Gasteiger partial charge is 0.303 e. The van der Waals surface area contributed by atoms with Gasteiger partial charge in [-0.15, -0.1) is 5.10 Å². The average molecular weight is 335 g/mol. The van der Waals surface area contributed by atoms with E-state index in [0.29, 0.717) is 17.9 Å². The summed E-state index contributed by atoms with van der Waals surface area (Å²) in [5.74, 6) is -0.358. The lowest BCUT2D eigenvalue weighted by atomic mass is 9.91. The van der Waals surface area contributed by atoms with E-state index in [9.17, 15) is 8.78 Å². The molecule has 0 bridgehead atoms. The molecule has 3 rings (SSSR count). The third-order valence-corrected chi connectivity index (χ3v) is 4.69. The Morgan fingerprint density at radius 3 is 2.92 bits per heavy atom. The molecule has 0 spiro atoms. The summed E-state index contributed by atoms with van der Waals surface area (Å²) in [7, 11) is 0. The van der Waals surface area contributed by atoms with Gasteiger partial charge in [0.15, 0.2) is 0 Å². The van der Waals surface area contributed by atoms with Crippen LogP contribution in [-0.2, 0) is 13.0 Å². The standard InChI is InChI=1S/C17H23F2N5/c18-16-7-6-15(17(19)11-16)5-4-14-3-1-8-23(12-14)9-2-10-24-13-20-21-22-24/h6-7,11,13-14H,1-5,8-10,12H2. The molecule has 1 aliphatic rings. The van der Waals surface area contributed by atoms with Gasteiger partial charge in [-0.1, -0.05) is 6.07 Å². The minimum Gasteiger partial charge on any atom is -0.303 e. The first-order chi connectivity index (χ1) is 11.7. The van der Waals surface area contributed by atoms with Gasteiger partial charge in [0, 0.05) is 19.2 Å². The number of piperidine rings is 1. The SMILES string of the molecule is Fc1ccc(CCC2CCCN(CCCn3cnnn3)C2)c(F)c1. The number of benzene rings is 1. The third kappa shape index (κ3) is 4.80. The molecule has 7 heteroatoms. The second-order valence-electron chi connectivity index (χ2n) is 6.51. The lowest BCUT2D eigenvalue weighted by molar-refractivity contribution is 0.164. The zero-order valence-corrected chi connectivity index (χ0v) is 13.7. The molecule has 0 N–H and O–H groups in total. The summed E-state index contributed by atoms with van der Waals surface area (Å²) in [5.41, 5.74) is 0.618. The molecular weight excluding hydrogens is 312 g/mol. The van der Waals surface area contributed by atoms with E-state index in [1.54, 1.807) is 17.1 Å². The molecule has 1 atom stereocenters. The van der Waals surface area contributed by atoms with Crippen molar-refractivity contribution in [1.82, 2.24) is 25.1 Å². The minimum absolute atomic E-state index is 0.427. The van der Waals surface area contributed by atoms with Crippen LogP contribution in [0, 0.1) is 17.6 Å². The van der Waals surface area contributed by atoms with Gasteiger partial charge in [0.25, 0.3) is 0 Å². The number of nitrogens with zero attached hydrogens (tertiary/aromatic N) is 5. The van der Waals surface area contributed by atoms with Gasteiger partial charge in [-0.25, -0.2) is 13.5 Å². The summed E-state index contributed by atoms with van der Waals surface area (Å²) in [6.07, 6.45) is 6.65. The first kappa shape index (κ1) is 17.0. The maximum atomic E-state index is 13.7. The van der Waals surface area contributed by atoms with Crippen LogP contribution in [0.1, 0.15) is 31.2 Å². The Balaban J connectivity index is 1.41. The van der Waals surface area contributed by atoms with Gasteiger partial charge in [0.05, 0.1) is 0 Å². The molecule has 0 saturated carbocycles. The molecule has 2 heterocycles. The molecular formula is C17H23F2N5. The monoisotopic (exact) mass is 335 g/mol. The Kier molecular flexibility index (Phi) is 5.85. The highest BCUT2D eigenvalue weighted by Crippen LogP contribution is 2.22. The van der Waals surface area contributed by atoms with E-state index in [1.807, 2.05) is 0 Å². The molecule has 130 valence electrons. The Hall–Kier alpha value is -1.89. The maximum absolute atomic E-state index is 13.7. The average Bonchev–Trinajstić information content (AvgIpc) is 3.08. The van der Waals surface area contributed by atoms with Crippen LogP contribution in [0.15, 0.2) is 24.5 Å². The molecule has 2 aromatic rings. The summed E-state index contributed by atoms with van der Waals surface area (Å²) in [6.45, 7) is 4.03. The van der Waals surface area contributed by atoms with Crippen molar-refractivity contribution < 1.29 is 8.78 Å². The summed E-state index contributed by atoms with van der Waals surface area (Å²) < 4.78 is 28.4. The van der Waals surface area contributed by atoms with Crippen LogP contribution in [0.5, 0.6) is 0 Å². The van der Waals surface area contributed by atoms with Crippen molar-refractivity contribution in [1.29, 1.82) is 0 Å². The predicted octanol–water partition coefficient (Wildman–Crippen LogP) is 2.69. The molecule has 0 amide bonds. The second kappa shape index (κ2) is 8.28. The number of hydrogen-bond acceptors (Lipinski definition) is 4. The summed E-state index contributed by atoms with van der Waals surface area (Å²) in [4.78, 5) is 2.47. The first-order valence-electron chi connectivity index (χ1n) is 8.58. The van der Waals surface area contributed by atoms with Crippen LogP contribution in [-0.4, -0.2) is 44.7 Å². The molecule has 1 saturated heterocycles. The van der Waals surface area contributed by atoms with Gasteiger partial charge in [0.1, 0.15) is 18.0 Å². The third-order valence-electron chi connectivity index (χ3n) is 4.69. The van der Waals surface area contributed by atoms with Crippen LogP contribution < -0.4 is 0 Å². The van der Waals surface area contributed by atoms with E-state index in [2.05, 4.69) is 20.4 Å².